The summed E-state index contributed by atoms with van der Waals surface area (Å²) in [5.74, 6) is 1.24. The molecule has 1 fully saturated rings. The Kier molecular flexibility index (Phi) is 5.68. The highest BCUT2D eigenvalue weighted by molar-refractivity contribution is 6.32. The second-order valence-electron chi connectivity index (χ2n) is 6.45. The number of carbonyl (C=O) groups is 2. The number of benzene rings is 1. The zero-order valence-electron chi connectivity index (χ0n) is 14.3. The third-order valence-corrected chi connectivity index (χ3v) is 4.92. The number of halogens is 1. The van der Waals surface area contributed by atoms with Gasteiger partial charge in [-0.2, -0.15) is 0 Å². The molecular weight excluding hydrogens is 344 g/mol. The van der Waals surface area contributed by atoms with Crippen LogP contribution in [0.4, 0.5) is 0 Å². The van der Waals surface area contributed by atoms with Gasteiger partial charge in [0.1, 0.15) is 0 Å². The summed E-state index contributed by atoms with van der Waals surface area (Å²) in [5, 5.41) is 3.46. The van der Waals surface area contributed by atoms with Gasteiger partial charge in [-0.05, 0) is 30.5 Å². The Morgan fingerprint density at radius 3 is 2.68 bits per heavy atom. The molecule has 0 unspecified atom stereocenters. The van der Waals surface area contributed by atoms with Gasteiger partial charge in [-0.1, -0.05) is 11.6 Å². The van der Waals surface area contributed by atoms with Crippen molar-refractivity contribution in [3.8, 4) is 11.5 Å². The standard InChI is InChI=1S/C18H23ClN2O4/c1-12(22)21-5-3-14(4-6-21)18(23)20-11-13-9-15(19)17-16(10-13)24-7-2-8-25-17/h9-10,14H,2-8,11H2,1H3,(H,20,23). The summed E-state index contributed by atoms with van der Waals surface area (Å²) < 4.78 is 11.3. The highest BCUT2D eigenvalue weighted by atomic mass is 35.5. The van der Waals surface area contributed by atoms with E-state index in [4.69, 9.17) is 21.1 Å². The van der Waals surface area contributed by atoms with E-state index in [2.05, 4.69) is 5.32 Å². The molecule has 6 nitrogen and oxygen atoms in total. The summed E-state index contributed by atoms with van der Waals surface area (Å²) in [4.78, 5) is 25.5. The number of nitrogens with zero attached hydrogens (tertiary/aromatic N) is 1. The van der Waals surface area contributed by atoms with Crippen LogP contribution in [0.1, 0.15) is 31.7 Å². The van der Waals surface area contributed by atoms with Crippen LogP contribution in [0, 0.1) is 5.92 Å². The Morgan fingerprint density at radius 1 is 1.24 bits per heavy atom. The zero-order valence-corrected chi connectivity index (χ0v) is 15.1. The fourth-order valence-electron chi connectivity index (χ4n) is 3.18. The molecule has 3 rings (SSSR count). The number of carbonyl (C=O) groups excluding carboxylic acids is 2. The molecule has 2 aliphatic heterocycles. The van der Waals surface area contributed by atoms with Crippen LogP contribution in [0.3, 0.4) is 0 Å². The highest BCUT2D eigenvalue weighted by Crippen LogP contribution is 2.38. The maximum Gasteiger partial charge on any atom is 0.223 e. The number of amides is 2. The number of fused-ring (bicyclic) bond motifs is 1. The topological polar surface area (TPSA) is 67.9 Å². The van der Waals surface area contributed by atoms with E-state index in [1.165, 1.54) is 0 Å². The van der Waals surface area contributed by atoms with Gasteiger partial charge in [0.15, 0.2) is 11.5 Å². The van der Waals surface area contributed by atoms with Gasteiger partial charge in [-0.25, -0.2) is 0 Å². The van der Waals surface area contributed by atoms with E-state index in [1.807, 2.05) is 6.07 Å². The van der Waals surface area contributed by atoms with Gasteiger partial charge in [-0.3, -0.25) is 9.59 Å². The maximum atomic E-state index is 12.4. The van der Waals surface area contributed by atoms with Crippen LogP contribution in [0.25, 0.3) is 0 Å². The van der Waals surface area contributed by atoms with Crippen molar-refractivity contribution in [2.24, 2.45) is 5.92 Å². The molecular formula is C18H23ClN2O4. The third kappa shape index (κ3) is 4.37. The molecule has 0 bridgehead atoms. The monoisotopic (exact) mass is 366 g/mol. The van der Waals surface area contributed by atoms with E-state index in [-0.39, 0.29) is 17.7 Å². The van der Waals surface area contributed by atoms with Crippen LogP contribution in [-0.4, -0.2) is 43.0 Å². The first-order valence-electron chi connectivity index (χ1n) is 8.66. The molecule has 0 spiro atoms. The molecule has 1 aromatic carbocycles. The molecule has 136 valence electrons. The highest BCUT2D eigenvalue weighted by Gasteiger charge is 2.26. The quantitative estimate of drug-likeness (QED) is 0.891. The number of rotatable bonds is 3. The van der Waals surface area contributed by atoms with Crippen LogP contribution in [-0.2, 0) is 16.1 Å². The lowest BCUT2D eigenvalue weighted by molar-refractivity contribution is -0.134. The van der Waals surface area contributed by atoms with Crippen LogP contribution in [0.2, 0.25) is 5.02 Å². The van der Waals surface area contributed by atoms with E-state index >= 15 is 0 Å². The summed E-state index contributed by atoms with van der Waals surface area (Å²) in [6.07, 6.45) is 2.22. The van der Waals surface area contributed by atoms with Crippen LogP contribution in [0.5, 0.6) is 11.5 Å². The number of ether oxygens (including phenoxy) is 2. The lowest BCUT2D eigenvalue weighted by Gasteiger charge is -2.30. The van der Waals surface area contributed by atoms with Gasteiger partial charge in [-0.15, -0.1) is 0 Å². The number of hydrogen-bond donors (Lipinski definition) is 1. The summed E-state index contributed by atoms with van der Waals surface area (Å²) >= 11 is 6.27. The molecule has 1 saturated heterocycles. The lowest BCUT2D eigenvalue weighted by atomic mass is 9.96. The van der Waals surface area contributed by atoms with Crippen molar-refractivity contribution in [3.05, 3.63) is 22.7 Å². The molecule has 1 N–H and O–H groups in total. The largest absolute Gasteiger partial charge is 0.489 e. The van der Waals surface area contributed by atoms with Crippen molar-refractivity contribution in [1.29, 1.82) is 0 Å². The van der Waals surface area contributed by atoms with Gasteiger partial charge in [0.25, 0.3) is 0 Å². The Hall–Kier alpha value is -1.95. The lowest BCUT2D eigenvalue weighted by Crippen LogP contribution is -2.42. The second-order valence-corrected chi connectivity index (χ2v) is 6.86. The Morgan fingerprint density at radius 2 is 1.96 bits per heavy atom. The predicted octanol–water partition coefficient (Wildman–Crippen LogP) is 2.38. The van der Waals surface area contributed by atoms with E-state index in [9.17, 15) is 9.59 Å². The van der Waals surface area contributed by atoms with Gasteiger partial charge in [0.2, 0.25) is 11.8 Å². The summed E-state index contributed by atoms with van der Waals surface area (Å²) in [6.45, 7) is 4.42. The molecule has 25 heavy (non-hydrogen) atoms. The Balaban J connectivity index is 1.57. The molecule has 2 aliphatic rings. The van der Waals surface area contributed by atoms with Crippen molar-refractivity contribution in [2.45, 2.75) is 32.7 Å². The number of hydrogen-bond acceptors (Lipinski definition) is 4. The van der Waals surface area contributed by atoms with Crippen LogP contribution in [0.15, 0.2) is 12.1 Å². The van der Waals surface area contributed by atoms with Crippen molar-refractivity contribution in [3.63, 3.8) is 0 Å². The van der Waals surface area contributed by atoms with Crippen LogP contribution < -0.4 is 14.8 Å². The molecule has 0 atom stereocenters. The molecule has 2 amide bonds. The molecule has 7 heteroatoms. The van der Waals surface area contributed by atoms with Gasteiger partial charge in [0, 0.05) is 38.9 Å². The minimum absolute atomic E-state index is 0.0198. The fourth-order valence-corrected chi connectivity index (χ4v) is 3.46. The first-order valence-corrected chi connectivity index (χ1v) is 9.03. The summed E-state index contributed by atoms with van der Waals surface area (Å²) in [5.41, 5.74) is 0.878. The predicted molar refractivity (Wildman–Crippen MR) is 93.9 cm³/mol. The van der Waals surface area contributed by atoms with Crippen molar-refractivity contribution in [1.82, 2.24) is 10.2 Å². The summed E-state index contributed by atoms with van der Waals surface area (Å²) in [7, 11) is 0. The minimum atomic E-state index is -0.0496. The molecule has 1 aromatic rings. The molecule has 0 radical (unpaired) electrons. The molecule has 2 heterocycles. The number of nitrogens with one attached hydrogen (secondary N) is 1. The summed E-state index contributed by atoms with van der Waals surface area (Å²) in [6, 6.07) is 3.67. The van der Waals surface area contributed by atoms with E-state index in [0.29, 0.717) is 62.2 Å². The Bertz CT molecular complexity index is 657. The zero-order chi connectivity index (χ0) is 17.8. The van der Waals surface area contributed by atoms with Gasteiger partial charge >= 0.3 is 0 Å². The van der Waals surface area contributed by atoms with Gasteiger partial charge in [0.05, 0.1) is 18.2 Å². The molecule has 0 saturated carbocycles. The maximum absolute atomic E-state index is 12.4. The van der Waals surface area contributed by atoms with Crippen molar-refractivity contribution in [2.75, 3.05) is 26.3 Å². The molecule has 0 aliphatic carbocycles. The van der Waals surface area contributed by atoms with E-state index < -0.39 is 0 Å². The van der Waals surface area contributed by atoms with E-state index in [0.717, 1.165) is 12.0 Å². The average Bonchev–Trinajstić information content (AvgIpc) is 2.85. The minimum Gasteiger partial charge on any atom is -0.489 e. The second kappa shape index (κ2) is 7.95. The van der Waals surface area contributed by atoms with E-state index in [1.54, 1.807) is 17.9 Å². The third-order valence-electron chi connectivity index (χ3n) is 4.64. The number of piperidine rings is 1. The first kappa shape index (κ1) is 17.9. The first-order chi connectivity index (χ1) is 12.0. The van der Waals surface area contributed by atoms with Crippen molar-refractivity contribution >= 4 is 23.4 Å². The normalized spacial score (nSPS) is 17.8. The smallest absolute Gasteiger partial charge is 0.223 e. The van der Waals surface area contributed by atoms with Crippen molar-refractivity contribution < 1.29 is 19.1 Å². The SMILES string of the molecule is CC(=O)N1CCC(C(=O)NCc2cc(Cl)c3c(c2)OCCCO3)CC1. The molecule has 0 aromatic heterocycles. The Labute approximate surface area is 152 Å². The van der Waals surface area contributed by atoms with Crippen LogP contribution >= 0.6 is 11.6 Å². The number of likely N-dealkylation sites (tertiary alicyclic amines) is 1. The van der Waals surface area contributed by atoms with Gasteiger partial charge < -0.3 is 19.7 Å². The fraction of sp³-hybridized carbons (Fsp3) is 0.556. The average molecular weight is 367 g/mol.